The van der Waals surface area contributed by atoms with Crippen molar-refractivity contribution in [1.82, 2.24) is 15.1 Å². The van der Waals surface area contributed by atoms with Crippen LogP contribution in [-0.4, -0.2) is 42.5 Å². The number of nitrogens with zero attached hydrogens (tertiary/aromatic N) is 2. The first-order valence-corrected chi connectivity index (χ1v) is 9.80. The number of rotatable bonds is 8. The third kappa shape index (κ3) is 4.69. The van der Waals surface area contributed by atoms with Crippen molar-refractivity contribution in [3.05, 3.63) is 71.0 Å². The predicted molar refractivity (Wildman–Crippen MR) is 115 cm³/mol. The van der Waals surface area contributed by atoms with Crippen molar-refractivity contribution in [2.75, 3.05) is 20.8 Å². The lowest BCUT2D eigenvalue weighted by Gasteiger charge is -2.13. The second-order valence-corrected chi connectivity index (χ2v) is 6.66. The van der Waals surface area contributed by atoms with Gasteiger partial charge in [0.1, 0.15) is 5.56 Å². The molecule has 3 aromatic rings. The summed E-state index contributed by atoms with van der Waals surface area (Å²) in [5.74, 6) is 0.568. The number of benzene rings is 2. The second-order valence-electron chi connectivity index (χ2n) is 6.66. The molecule has 0 bridgehead atoms. The van der Waals surface area contributed by atoms with Crippen molar-refractivity contribution in [3.8, 4) is 17.2 Å². The summed E-state index contributed by atoms with van der Waals surface area (Å²) in [5, 5.41) is 7.15. The molecule has 0 aliphatic rings. The van der Waals surface area contributed by atoms with Gasteiger partial charge in [0.15, 0.2) is 11.5 Å². The zero-order chi connectivity index (χ0) is 22.4. The monoisotopic (exact) mass is 423 g/mol. The van der Waals surface area contributed by atoms with E-state index >= 15 is 0 Å². The Morgan fingerprint density at radius 2 is 1.81 bits per heavy atom. The third-order valence-electron chi connectivity index (χ3n) is 4.80. The number of nitrogens with one attached hydrogen (secondary N) is 1. The molecular formula is C23H25N3O5. The summed E-state index contributed by atoms with van der Waals surface area (Å²) in [6.07, 6.45) is 1.48. The Kier molecular flexibility index (Phi) is 6.92. The van der Waals surface area contributed by atoms with Gasteiger partial charge in [0.05, 0.1) is 38.4 Å². The number of esters is 1. The van der Waals surface area contributed by atoms with Gasteiger partial charge in [0.2, 0.25) is 0 Å². The van der Waals surface area contributed by atoms with E-state index in [4.69, 9.17) is 14.2 Å². The van der Waals surface area contributed by atoms with Crippen molar-refractivity contribution in [2.24, 2.45) is 0 Å². The van der Waals surface area contributed by atoms with Crippen LogP contribution in [0.1, 0.15) is 38.9 Å². The Bertz CT molecular complexity index is 1070. The van der Waals surface area contributed by atoms with Crippen molar-refractivity contribution in [2.45, 2.75) is 20.4 Å². The average molecular weight is 423 g/mol. The standard InChI is InChI=1S/C23H25N3O5/c1-5-31-23(28)19-14-25-26(15(19)2)18-11-9-16(10-12-18)22(27)24-13-17-7-6-8-20(29-3)21(17)30-4/h6-12,14H,5,13H2,1-4H3,(H,24,27). The largest absolute Gasteiger partial charge is 0.493 e. The lowest BCUT2D eigenvalue weighted by Crippen LogP contribution is -2.23. The van der Waals surface area contributed by atoms with Crippen LogP contribution in [0.5, 0.6) is 11.5 Å². The van der Waals surface area contributed by atoms with E-state index in [1.54, 1.807) is 63.1 Å². The summed E-state index contributed by atoms with van der Waals surface area (Å²) in [5.41, 5.74) is 3.13. The molecule has 1 heterocycles. The fourth-order valence-corrected chi connectivity index (χ4v) is 3.20. The number of amides is 1. The van der Waals surface area contributed by atoms with Crippen LogP contribution in [0.4, 0.5) is 0 Å². The van der Waals surface area contributed by atoms with E-state index in [2.05, 4.69) is 10.4 Å². The highest BCUT2D eigenvalue weighted by Gasteiger charge is 2.16. The lowest BCUT2D eigenvalue weighted by molar-refractivity contribution is 0.0525. The molecule has 0 aliphatic carbocycles. The molecule has 2 aromatic carbocycles. The van der Waals surface area contributed by atoms with Gasteiger partial charge in [-0.1, -0.05) is 12.1 Å². The Morgan fingerprint density at radius 3 is 2.45 bits per heavy atom. The van der Waals surface area contributed by atoms with Crippen molar-refractivity contribution >= 4 is 11.9 Å². The fourth-order valence-electron chi connectivity index (χ4n) is 3.20. The Labute approximate surface area is 180 Å². The van der Waals surface area contributed by atoms with Crippen LogP contribution in [0, 0.1) is 6.92 Å². The maximum absolute atomic E-state index is 12.6. The Hall–Kier alpha value is -3.81. The van der Waals surface area contributed by atoms with E-state index in [1.807, 2.05) is 12.1 Å². The minimum Gasteiger partial charge on any atom is -0.493 e. The molecule has 0 spiro atoms. The smallest absolute Gasteiger partial charge is 0.341 e. The van der Waals surface area contributed by atoms with Crippen molar-refractivity contribution < 1.29 is 23.8 Å². The highest BCUT2D eigenvalue weighted by atomic mass is 16.5. The molecule has 0 unspecified atom stereocenters. The number of ether oxygens (including phenoxy) is 3. The Balaban J connectivity index is 1.71. The van der Waals surface area contributed by atoms with Crippen LogP contribution >= 0.6 is 0 Å². The highest BCUT2D eigenvalue weighted by molar-refractivity contribution is 5.94. The number of para-hydroxylation sites is 1. The molecule has 162 valence electrons. The van der Waals surface area contributed by atoms with E-state index in [0.29, 0.717) is 41.5 Å². The molecule has 1 N–H and O–H groups in total. The van der Waals surface area contributed by atoms with E-state index < -0.39 is 5.97 Å². The van der Waals surface area contributed by atoms with Crippen LogP contribution in [0.3, 0.4) is 0 Å². The fraction of sp³-hybridized carbons (Fsp3) is 0.261. The van der Waals surface area contributed by atoms with E-state index in [-0.39, 0.29) is 5.91 Å². The molecule has 31 heavy (non-hydrogen) atoms. The van der Waals surface area contributed by atoms with Gasteiger partial charge in [0.25, 0.3) is 5.91 Å². The van der Waals surface area contributed by atoms with Gasteiger partial charge >= 0.3 is 5.97 Å². The van der Waals surface area contributed by atoms with Crippen LogP contribution in [-0.2, 0) is 11.3 Å². The summed E-state index contributed by atoms with van der Waals surface area (Å²) in [6, 6.07) is 12.5. The van der Waals surface area contributed by atoms with Crippen LogP contribution in [0.15, 0.2) is 48.7 Å². The predicted octanol–water partition coefficient (Wildman–Crippen LogP) is 3.30. The first kappa shape index (κ1) is 21.9. The second kappa shape index (κ2) is 9.80. The van der Waals surface area contributed by atoms with Gasteiger partial charge in [-0.3, -0.25) is 4.79 Å². The number of carbonyl (C=O) groups is 2. The summed E-state index contributed by atoms with van der Waals surface area (Å²) in [4.78, 5) is 24.6. The van der Waals surface area contributed by atoms with E-state index in [1.165, 1.54) is 6.20 Å². The molecule has 0 saturated heterocycles. The average Bonchev–Trinajstić information content (AvgIpc) is 3.18. The molecular weight excluding hydrogens is 398 g/mol. The number of aromatic nitrogens is 2. The zero-order valence-corrected chi connectivity index (χ0v) is 18.0. The summed E-state index contributed by atoms with van der Waals surface area (Å²) < 4.78 is 17.4. The third-order valence-corrected chi connectivity index (χ3v) is 4.80. The minimum atomic E-state index is -0.407. The van der Waals surface area contributed by atoms with Crippen molar-refractivity contribution in [1.29, 1.82) is 0 Å². The molecule has 1 aromatic heterocycles. The molecule has 0 fully saturated rings. The van der Waals surface area contributed by atoms with Gasteiger partial charge in [-0.05, 0) is 44.2 Å². The summed E-state index contributed by atoms with van der Waals surface area (Å²) in [6.45, 7) is 4.14. The van der Waals surface area contributed by atoms with E-state index in [0.717, 1.165) is 11.3 Å². The van der Waals surface area contributed by atoms with Gasteiger partial charge in [-0.2, -0.15) is 5.10 Å². The minimum absolute atomic E-state index is 0.221. The molecule has 0 saturated carbocycles. The maximum Gasteiger partial charge on any atom is 0.341 e. The number of hydrogen-bond donors (Lipinski definition) is 1. The number of carbonyl (C=O) groups excluding carboxylic acids is 2. The van der Waals surface area contributed by atoms with Gasteiger partial charge in [-0.15, -0.1) is 0 Å². The van der Waals surface area contributed by atoms with Gasteiger partial charge in [0, 0.05) is 17.7 Å². The summed E-state index contributed by atoms with van der Waals surface area (Å²) in [7, 11) is 3.13. The highest BCUT2D eigenvalue weighted by Crippen LogP contribution is 2.30. The zero-order valence-electron chi connectivity index (χ0n) is 18.0. The molecule has 8 nitrogen and oxygen atoms in total. The number of hydrogen-bond acceptors (Lipinski definition) is 6. The van der Waals surface area contributed by atoms with Gasteiger partial charge < -0.3 is 19.5 Å². The molecule has 0 aliphatic heterocycles. The number of methoxy groups -OCH3 is 2. The van der Waals surface area contributed by atoms with E-state index in [9.17, 15) is 9.59 Å². The molecule has 3 rings (SSSR count). The topological polar surface area (TPSA) is 91.7 Å². The van der Waals surface area contributed by atoms with Crippen LogP contribution in [0.25, 0.3) is 5.69 Å². The van der Waals surface area contributed by atoms with Gasteiger partial charge in [-0.25, -0.2) is 9.48 Å². The SMILES string of the molecule is CCOC(=O)c1cnn(-c2ccc(C(=O)NCc3cccc(OC)c3OC)cc2)c1C. The lowest BCUT2D eigenvalue weighted by atomic mass is 10.1. The Morgan fingerprint density at radius 1 is 1.06 bits per heavy atom. The molecule has 0 radical (unpaired) electrons. The van der Waals surface area contributed by atoms with Crippen molar-refractivity contribution in [3.63, 3.8) is 0 Å². The maximum atomic E-state index is 12.6. The summed E-state index contributed by atoms with van der Waals surface area (Å²) >= 11 is 0. The van der Waals surface area contributed by atoms with Crippen LogP contribution < -0.4 is 14.8 Å². The van der Waals surface area contributed by atoms with Crippen LogP contribution in [0.2, 0.25) is 0 Å². The molecule has 1 amide bonds. The first-order chi connectivity index (χ1) is 15.0. The molecule has 0 atom stereocenters. The normalized spacial score (nSPS) is 10.5. The first-order valence-electron chi connectivity index (χ1n) is 9.80. The quantitative estimate of drug-likeness (QED) is 0.559. The molecule has 8 heteroatoms.